The van der Waals surface area contributed by atoms with Crippen LogP contribution in [0.25, 0.3) is 31.7 Å². The van der Waals surface area contributed by atoms with Gasteiger partial charge in [-0.1, -0.05) is 12.1 Å². The molecule has 0 bridgehead atoms. The van der Waals surface area contributed by atoms with Crippen molar-refractivity contribution in [2.24, 2.45) is 5.73 Å². The van der Waals surface area contributed by atoms with Crippen LogP contribution in [0.5, 0.6) is 11.5 Å². The molecule has 1 atom stereocenters. The number of halogens is 1. The number of pyridine rings is 2. The molecule has 0 saturated carbocycles. The van der Waals surface area contributed by atoms with Crippen molar-refractivity contribution in [2.45, 2.75) is 5.92 Å². The van der Waals surface area contributed by atoms with Crippen molar-refractivity contribution in [3.63, 3.8) is 0 Å². The number of aromatic nitrogens is 2. The molecule has 4 heterocycles. The van der Waals surface area contributed by atoms with Gasteiger partial charge in [0.15, 0.2) is 5.75 Å². The summed E-state index contributed by atoms with van der Waals surface area (Å²) in [7, 11) is 1.61. The van der Waals surface area contributed by atoms with Crippen LogP contribution in [0.2, 0.25) is 0 Å². The lowest BCUT2D eigenvalue weighted by molar-refractivity contribution is 0.397. The fraction of sp³-hybridized carbons (Fsp3) is 0.0741. The molecule has 1 aliphatic rings. The summed E-state index contributed by atoms with van der Waals surface area (Å²) in [6.45, 7) is 0. The minimum atomic E-state index is -0.791. The van der Waals surface area contributed by atoms with E-state index in [1.165, 1.54) is 35.6 Å². The topological polar surface area (TPSA) is 114 Å². The van der Waals surface area contributed by atoms with Crippen LogP contribution in [-0.4, -0.2) is 17.1 Å². The Kier molecular flexibility index (Phi) is 4.98. The number of nitrogens with one attached hydrogen (secondary N) is 1. The lowest BCUT2D eigenvalue weighted by atomic mass is 9.84. The van der Waals surface area contributed by atoms with Crippen LogP contribution in [-0.2, 0) is 0 Å². The normalized spacial score (nSPS) is 15.0. The molecular weight excluding hydrogens is 479 g/mol. The standard InChI is InChI=1S/C27H17FN4O3S/c1-34-16-8-4-13(5-9-16)19-11-10-17-22-24(36-27(17)31-19)23-21(26(33)32-22)20(18(12-29)25(30)35-23)14-2-6-15(28)7-3-14/h2-11,20H,30H2,1H3,(H,32,33)/t20-/m1/s1. The number of ether oxygens (including phenoxy) is 2. The fourth-order valence-corrected chi connectivity index (χ4v) is 5.64. The van der Waals surface area contributed by atoms with E-state index in [-0.39, 0.29) is 22.8 Å². The molecular formula is C27H17FN4O3S. The van der Waals surface area contributed by atoms with Gasteiger partial charge < -0.3 is 20.2 Å². The number of hydrogen-bond donors (Lipinski definition) is 2. The van der Waals surface area contributed by atoms with Crippen LogP contribution in [0.1, 0.15) is 17.0 Å². The molecule has 2 aromatic carbocycles. The van der Waals surface area contributed by atoms with Crippen LogP contribution in [0.4, 0.5) is 4.39 Å². The average molecular weight is 497 g/mol. The molecule has 0 amide bonds. The van der Waals surface area contributed by atoms with Gasteiger partial charge in [0.05, 0.1) is 34.5 Å². The maximum atomic E-state index is 13.6. The van der Waals surface area contributed by atoms with E-state index >= 15 is 0 Å². The number of rotatable bonds is 3. The molecule has 1 aliphatic heterocycles. The molecule has 0 fully saturated rings. The third-order valence-electron chi connectivity index (χ3n) is 6.25. The minimum absolute atomic E-state index is 0.0874. The van der Waals surface area contributed by atoms with E-state index in [1.807, 2.05) is 36.4 Å². The largest absolute Gasteiger partial charge is 0.497 e. The molecule has 5 aromatic rings. The molecule has 3 aromatic heterocycles. The Morgan fingerprint density at radius 2 is 1.89 bits per heavy atom. The van der Waals surface area contributed by atoms with Gasteiger partial charge in [0.1, 0.15) is 28.0 Å². The van der Waals surface area contributed by atoms with Crippen molar-refractivity contribution in [3.05, 3.63) is 99.4 Å². The van der Waals surface area contributed by atoms with Gasteiger partial charge in [-0.2, -0.15) is 5.26 Å². The molecule has 9 heteroatoms. The number of benzene rings is 2. The Morgan fingerprint density at radius 1 is 1.14 bits per heavy atom. The molecule has 6 rings (SSSR count). The van der Waals surface area contributed by atoms with E-state index in [9.17, 15) is 14.4 Å². The number of thiophene rings is 1. The minimum Gasteiger partial charge on any atom is -0.497 e. The van der Waals surface area contributed by atoms with E-state index < -0.39 is 17.3 Å². The van der Waals surface area contributed by atoms with Crippen LogP contribution < -0.4 is 20.8 Å². The Morgan fingerprint density at radius 3 is 2.58 bits per heavy atom. The van der Waals surface area contributed by atoms with Crippen molar-refractivity contribution in [3.8, 4) is 28.8 Å². The average Bonchev–Trinajstić information content (AvgIpc) is 3.26. The highest BCUT2D eigenvalue weighted by molar-refractivity contribution is 7.25. The summed E-state index contributed by atoms with van der Waals surface area (Å²) in [6.07, 6.45) is 0. The lowest BCUT2D eigenvalue weighted by Gasteiger charge is -2.25. The number of allylic oxidation sites excluding steroid dienone is 1. The molecule has 36 heavy (non-hydrogen) atoms. The molecule has 7 nitrogen and oxygen atoms in total. The molecule has 0 saturated heterocycles. The number of fused-ring (bicyclic) bond motifs is 5. The second kappa shape index (κ2) is 8.22. The first kappa shape index (κ1) is 21.8. The smallest absolute Gasteiger partial charge is 0.256 e. The first-order valence-electron chi connectivity index (χ1n) is 11.0. The number of aromatic amines is 1. The third kappa shape index (κ3) is 3.31. The maximum Gasteiger partial charge on any atom is 0.256 e. The van der Waals surface area contributed by atoms with Crippen LogP contribution >= 0.6 is 11.3 Å². The summed E-state index contributed by atoms with van der Waals surface area (Å²) in [5.74, 6) is -0.264. The van der Waals surface area contributed by atoms with Crippen molar-refractivity contribution >= 4 is 31.8 Å². The van der Waals surface area contributed by atoms with Crippen molar-refractivity contribution < 1.29 is 13.9 Å². The first-order valence-corrected chi connectivity index (χ1v) is 11.8. The summed E-state index contributed by atoms with van der Waals surface area (Å²) < 4.78 is 25.4. The third-order valence-corrected chi connectivity index (χ3v) is 7.35. The van der Waals surface area contributed by atoms with Crippen molar-refractivity contribution in [1.82, 2.24) is 9.97 Å². The molecule has 0 radical (unpaired) electrons. The van der Waals surface area contributed by atoms with Gasteiger partial charge in [0.2, 0.25) is 5.88 Å². The quantitative estimate of drug-likeness (QED) is 0.356. The van der Waals surface area contributed by atoms with Crippen molar-refractivity contribution in [1.29, 1.82) is 5.26 Å². The summed E-state index contributed by atoms with van der Waals surface area (Å²) in [5, 5.41) is 10.6. The Bertz CT molecular complexity index is 1800. The maximum absolute atomic E-state index is 13.6. The summed E-state index contributed by atoms with van der Waals surface area (Å²) >= 11 is 1.36. The van der Waals surface area contributed by atoms with Crippen molar-refractivity contribution in [2.75, 3.05) is 7.11 Å². The lowest BCUT2D eigenvalue weighted by Crippen LogP contribution is -2.27. The monoisotopic (exact) mass is 496 g/mol. The zero-order valence-corrected chi connectivity index (χ0v) is 19.7. The highest BCUT2D eigenvalue weighted by Gasteiger charge is 2.35. The predicted octanol–water partition coefficient (Wildman–Crippen LogP) is 5.17. The molecule has 0 unspecified atom stereocenters. The second-order valence-corrected chi connectivity index (χ2v) is 9.26. The molecule has 176 valence electrons. The summed E-state index contributed by atoms with van der Waals surface area (Å²) in [4.78, 5) is 21.9. The molecule has 0 aliphatic carbocycles. The predicted molar refractivity (Wildman–Crippen MR) is 135 cm³/mol. The van der Waals surface area contributed by atoms with E-state index in [4.69, 9.17) is 20.2 Å². The van der Waals surface area contributed by atoms with Gasteiger partial charge in [-0.15, -0.1) is 11.3 Å². The zero-order chi connectivity index (χ0) is 25.0. The highest BCUT2D eigenvalue weighted by atomic mass is 32.1. The first-order chi connectivity index (χ1) is 17.5. The Balaban J connectivity index is 1.57. The number of nitriles is 1. The SMILES string of the molecule is COc1ccc(-c2ccc3c(n2)sc2c4c(c(=O)[nH]c23)[C@H](c2ccc(F)cc2)C(C#N)=C(N)O4)cc1. The van der Waals surface area contributed by atoms with Gasteiger partial charge in [-0.25, -0.2) is 9.37 Å². The number of nitrogens with zero attached hydrogens (tertiary/aromatic N) is 2. The van der Waals surface area contributed by atoms with Gasteiger partial charge in [0, 0.05) is 10.9 Å². The zero-order valence-electron chi connectivity index (χ0n) is 18.8. The summed E-state index contributed by atoms with van der Waals surface area (Å²) in [5.41, 5.74) is 8.92. The second-order valence-electron chi connectivity index (χ2n) is 8.26. The van der Waals surface area contributed by atoms with Crippen LogP contribution in [0.15, 0.2) is 76.9 Å². The molecule has 3 N–H and O–H groups in total. The van der Waals surface area contributed by atoms with Gasteiger partial charge in [-0.05, 0) is 54.1 Å². The highest BCUT2D eigenvalue weighted by Crippen LogP contribution is 2.46. The van der Waals surface area contributed by atoms with Crippen LogP contribution in [0, 0.1) is 17.1 Å². The van der Waals surface area contributed by atoms with E-state index in [2.05, 4.69) is 11.1 Å². The van der Waals surface area contributed by atoms with Gasteiger partial charge in [0.25, 0.3) is 5.56 Å². The summed E-state index contributed by atoms with van der Waals surface area (Å²) in [6, 6.07) is 19.1. The molecule has 0 spiro atoms. The van der Waals surface area contributed by atoms with E-state index in [1.54, 1.807) is 7.11 Å². The van der Waals surface area contributed by atoms with Gasteiger partial charge >= 0.3 is 0 Å². The Labute approximate surface area is 207 Å². The van der Waals surface area contributed by atoms with Gasteiger partial charge in [-0.3, -0.25) is 4.79 Å². The fourth-order valence-electron chi connectivity index (χ4n) is 4.51. The van der Waals surface area contributed by atoms with E-state index in [0.29, 0.717) is 20.6 Å². The van der Waals surface area contributed by atoms with E-state index in [0.717, 1.165) is 22.4 Å². The number of hydrogen-bond acceptors (Lipinski definition) is 7. The number of nitrogens with two attached hydrogens (primary N) is 1. The Hall–Kier alpha value is -4.68. The number of methoxy groups -OCH3 is 1. The number of H-pyrrole nitrogens is 1. The van der Waals surface area contributed by atoms with Crippen LogP contribution in [0.3, 0.4) is 0 Å².